The number of para-hydroxylation sites is 2. The highest BCUT2D eigenvalue weighted by Crippen LogP contribution is 2.28. The molecule has 0 aliphatic carbocycles. The molecule has 6 heteroatoms. The van der Waals surface area contributed by atoms with Gasteiger partial charge in [0.2, 0.25) is 0 Å². The third kappa shape index (κ3) is 4.90. The number of anilines is 2. The molecule has 0 saturated carbocycles. The number of sulfonamides is 1. The van der Waals surface area contributed by atoms with Gasteiger partial charge in [0.1, 0.15) is 5.75 Å². The van der Waals surface area contributed by atoms with Gasteiger partial charge in [0.05, 0.1) is 23.4 Å². The molecule has 0 aliphatic rings. The fourth-order valence-electron chi connectivity index (χ4n) is 3.45. The average molecular weight is 411 g/mol. The smallest absolute Gasteiger partial charge is 0.262 e. The van der Waals surface area contributed by atoms with Crippen LogP contribution in [-0.2, 0) is 16.6 Å². The lowest BCUT2D eigenvalue weighted by atomic mass is 10.1. The predicted octanol–water partition coefficient (Wildman–Crippen LogP) is 5.03. The molecule has 3 aromatic rings. The normalized spacial score (nSPS) is 11.2. The van der Waals surface area contributed by atoms with E-state index in [-0.39, 0.29) is 0 Å². The van der Waals surface area contributed by atoms with Gasteiger partial charge in [-0.2, -0.15) is 0 Å². The number of aryl methyl sites for hydroxylation is 3. The van der Waals surface area contributed by atoms with Crippen LogP contribution in [0.15, 0.2) is 65.6 Å². The highest BCUT2D eigenvalue weighted by atomic mass is 32.2. The minimum Gasteiger partial charge on any atom is -0.497 e. The van der Waals surface area contributed by atoms with Gasteiger partial charge >= 0.3 is 0 Å². The molecule has 0 bridgehead atoms. The minimum absolute atomic E-state index is 0.327. The molecule has 0 aromatic heterocycles. The largest absolute Gasteiger partial charge is 0.497 e. The molecule has 3 rings (SSSR count). The highest BCUT2D eigenvalue weighted by molar-refractivity contribution is 7.92. The van der Waals surface area contributed by atoms with Crippen LogP contribution in [0.5, 0.6) is 5.75 Å². The Bertz CT molecular complexity index is 1080. The molecule has 29 heavy (non-hydrogen) atoms. The van der Waals surface area contributed by atoms with Gasteiger partial charge in [0, 0.05) is 6.54 Å². The molecule has 0 unspecified atom stereocenters. The number of methoxy groups -OCH3 is 1. The van der Waals surface area contributed by atoms with Crippen LogP contribution in [0.25, 0.3) is 0 Å². The van der Waals surface area contributed by atoms with Crippen LogP contribution < -0.4 is 14.8 Å². The summed E-state index contributed by atoms with van der Waals surface area (Å²) in [5.41, 5.74) is 4.81. The summed E-state index contributed by atoms with van der Waals surface area (Å²) in [6, 6.07) is 18.8. The van der Waals surface area contributed by atoms with Gasteiger partial charge < -0.3 is 10.1 Å². The first kappa shape index (κ1) is 20.7. The zero-order chi connectivity index (χ0) is 21.0. The number of hydrogen-bond donors (Lipinski definition) is 2. The molecular formula is C23H26N2O3S. The lowest BCUT2D eigenvalue weighted by molar-refractivity contribution is 0.414. The number of rotatable bonds is 7. The molecule has 0 amide bonds. The van der Waals surface area contributed by atoms with Crippen molar-refractivity contribution in [1.29, 1.82) is 0 Å². The standard InChI is InChI=1S/C23H26N2O3S/c1-16-13-17(2)23(18(3)14-16)29(26,27)25-22-8-6-5-7-21(22)24-15-19-9-11-20(28-4)12-10-19/h5-14,24-25H,15H2,1-4H3. The van der Waals surface area contributed by atoms with E-state index in [1.165, 1.54) is 0 Å². The van der Waals surface area contributed by atoms with E-state index in [9.17, 15) is 8.42 Å². The van der Waals surface area contributed by atoms with Crippen LogP contribution >= 0.6 is 0 Å². The second-order valence-corrected chi connectivity index (χ2v) is 8.70. The quantitative estimate of drug-likeness (QED) is 0.573. The Morgan fingerprint density at radius 2 is 1.45 bits per heavy atom. The Labute approximate surface area is 172 Å². The Morgan fingerprint density at radius 1 is 0.862 bits per heavy atom. The van der Waals surface area contributed by atoms with E-state index >= 15 is 0 Å². The van der Waals surface area contributed by atoms with Gasteiger partial charge in [-0.1, -0.05) is 42.0 Å². The Morgan fingerprint density at radius 3 is 2.03 bits per heavy atom. The maximum atomic E-state index is 13.1. The van der Waals surface area contributed by atoms with Gasteiger partial charge in [0.15, 0.2) is 0 Å². The monoisotopic (exact) mass is 410 g/mol. The van der Waals surface area contributed by atoms with Gasteiger partial charge in [0.25, 0.3) is 10.0 Å². The summed E-state index contributed by atoms with van der Waals surface area (Å²) in [4.78, 5) is 0.327. The van der Waals surface area contributed by atoms with E-state index < -0.39 is 10.0 Å². The summed E-state index contributed by atoms with van der Waals surface area (Å²) in [6.07, 6.45) is 0. The van der Waals surface area contributed by atoms with Gasteiger partial charge in [-0.25, -0.2) is 8.42 Å². The van der Waals surface area contributed by atoms with Crippen LogP contribution in [-0.4, -0.2) is 15.5 Å². The maximum absolute atomic E-state index is 13.1. The molecule has 0 heterocycles. The number of benzene rings is 3. The zero-order valence-corrected chi connectivity index (χ0v) is 17.9. The molecule has 0 radical (unpaired) electrons. The molecule has 3 aromatic carbocycles. The van der Waals surface area contributed by atoms with Crippen LogP contribution in [0, 0.1) is 20.8 Å². The molecule has 0 spiro atoms. The molecule has 2 N–H and O–H groups in total. The highest BCUT2D eigenvalue weighted by Gasteiger charge is 2.21. The van der Waals surface area contributed by atoms with E-state index in [2.05, 4.69) is 10.0 Å². The fraction of sp³-hybridized carbons (Fsp3) is 0.217. The van der Waals surface area contributed by atoms with E-state index in [1.807, 2.05) is 75.4 Å². The summed E-state index contributed by atoms with van der Waals surface area (Å²) in [7, 11) is -2.08. The molecule has 152 valence electrons. The van der Waals surface area contributed by atoms with Crippen molar-refractivity contribution in [2.75, 3.05) is 17.1 Å². The Kier molecular flexibility index (Phi) is 6.13. The Hall–Kier alpha value is -2.99. The van der Waals surface area contributed by atoms with E-state index in [1.54, 1.807) is 13.2 Å². The van der Waals surface area contributed by atoms with Gasteiger partial charge in [-0.15, -0.1) is 0 Å². The van der Waals surface area contributed by atoms with Crippen molar-refractivity contribution < 1.29 is 13.2 Å². The molecule has 5 nitrogen and oxygen atoms in total. The van der Waals surface area contributed by atoms with Crippen LogP contribution in [0.2, 0.25) is 0 Å². The molecular weight excluding hydrogens is 384 g/mol. The van der Waals surface area contributed by atoms with Crippen molar-refractivity contribution >= 4 is 21.4 Å². The van der Waals surface area contributed by atoms with Gasteiger partial charge in [-0.05, 0) is 61.7 Å². The number of nitrogens with one attached hydrogen (secondary N) is 2. The second kappa shape index (κ2) is 8.57. The van der Waals surface area contributed by atoms with Gasteiger partial charge in [-0.3, -0.25) is 4.72 Å². The van der Waals surface area contributed by atoms with Crippen molar-refractivity contribution in [3.63, 3.8) is 0 Å². The third-order valence-electron chi connectivity index (χ3n) is 4.69. The molecule has 0 aliphatic heterocycles. The third-order valence-corrected chi connectivity index (χ3v) is 6.36. The average Bonchev–Trinajstić information content (AvgIpc) is 2.66. The second-order valence-electron chi connectivity index (χ2n) is 7.08. The summed E-state index contributed by atoms with van der Waals surface area (Å²) < 4.78 is 34.1. The lowest BCUT2D eigenvalue weighted by Crippen LogP contribution is -2.17. The van der Waals surface area contributed by atoms with Crippen molar-refractivity contribution in [3.8, 4) is 5.75 Å². The first-order valence-electron chi connectivity index (χ1n) is 9.36. The number of ether oxygens (including phenoxy) is 1. The Balaban J connectivity index is 1.83. The molecule has 0 fully saturated rings. The number of hydrogen-bond acceptors (Lipinski definition) is 4. The van der Waals surface area contributed by atoms with Crippen molar-refractivity contribution in [2.45, 2.75) is 32.2 Å². The summed E-state index contributed by atoms with van der Waals surface area (Å²) in [6.45, 7) is 6.17. The van der Waals surface area contributed by atoms with Crippen LogP contribution in [0.4, 0.5) is 11.4 Å². The first-order valence-corrected chi connectivity index (χ1v) is 10.8. The van der Waals surface area contributed by atoms with Crippen molar-refractivity contribution in [3.05, 3.63) is 82.9 Å². The zero-order valence-electron chi connectivity index (χ0n) is 17.1. The van der Waals surface area contributed by atoms with Crippen LogP contribution in [0.3, 0.4) is 0 Å². The first-order chi connectivity index (χ1) is 13.8. The van der Waals surface area contributed by atoms with E-state index in [0.717, 1.165) is 28.0 Å². The van der Waals surface area contributed by atoms with E-state index in [4.69, 9.17) is 4.74 Å². The van der Waals surface area contributed by atoms with Crippen molar-refractivity contribution in [1.82, 2.24) is 0 Å². The topological polar surface area (TPSA) is 67.4 Å². The summed E-state index contributed by atoms with van der Waals surface area (Å²) >= 11 is 0. The molecule has 0 atom stereocenters. The maximum Gasteiger partial charge on any atom is 0.262 e. The lowest BCUT2D eigenvalue weighted by Gasteiger charge is -2.17. The summed E-state index contributed by atoms with van der Waals surface area (Å²) in [5, 5.41) is 3.31. The summed E-state index contributed by atoms with van der Waals surface area (Å²) in [5.74, 6) is 0.797. The molecule has 0 saturated heterocycles. The minimum atomic E-state index is -3.71. The van der Waals surface area contributed by atoms with Crippen molar-refractivity contribution in [2.24, 2.45) is 0 Å². The fourth-order valence-corrected chi connectivity index (χ4v) is 4.99. The predicted molar refractivity (Wildman–Crippen MR) is 118 cm³/mol. The van der Waals surface area contributed by atoms with E-state index in [0.29, 0.717) is 22.8 Å². The SMILES string of the molecule is COc1ccc(CNc2ccccc2NS(=O)(=O)c2c(C)cc(C)cc2C)cc1. The van der Waals surface area contributed by atoms with Crippen LogP contribution in [0.1, 0.15) is 22.3 Å².